The summed E-state index contributed by atoms with van der Waals surface area (Å²) >= 11 is 0. The highest BCUT2D eigenvalue weighted by Crippen LogP contribution is 2.48. The number of hydrogen-bond acceptors (Lipinski definition) is 2. The SMILES string of the molecule is CN(C)C1CCC2(CCOCC2)c2ccccc21. The van der Waals surface area contributed by atoms with Crippen molar-refractivity contribution in [3.63, 3.8) is 0 Å². The van der Waals surface area contributed by atoms with Gasteiger partial charge < -0.3 is 9.64 Å². The fraction of sp³-hybridized carbons (Fsp3) is 0.625. The van der Waals surface area contributed by atoms with Gasteiger partial charge in [0.15, 0.2) is 0 Å². The van der Waals surface area contributed by atoms with Gasteiger partial charge in [0.2, 0.25) is 0 Å². The lowest BCUT2D eigenvalue weighted by Gasteiger charge is -2.45. The minimum Gasteiger partial charge on any atom is -0.381 e. The van der Waals surface area contributed by atoms with E-state index in [0.29, 0.717) is 11.5 Å². The number of benzene rings is 1. The largest absolute Gasteiger partial charge is 0.381 e. The maximum atomic E-state index is 5.58. The maximum Gasteiger partial charge on any atom is 0.0474 e. The molecule has 1 saturated heterocycles. The molecule has 1 aromatic rings. The quantitative estimate of drug-likeness (QED) is 0.753. The van der Waals surface area contributed by atoms with Crippen LogP contribution in [0.1, 0.15) is 42.9 Å². The standard InChI is InChI=1S/C16H23NO/c1-17(2)15-7-8-16(9-11-18-12-10-16)14-6-4-3-5-13(14)15/h3-6,15H,7-12H2,1-2H3. The first-order valence-corrected chi connectivity index (χ1v) is 7.06. The lowest BCUT2D eigenvalue weighted by atomic mass is 9.64. The molecule has 1 aliphatic carbocycles. The topological polar surface area (TPSA) is 12.5 Å². The van der Waals surface area contributed by atoms with Crippen LogP contribution in [0.2, 0.25) is 0 Å². The maximum absolute atomic E-state index is 5.58. The molecule has 1 spiro atoms. The molecule has 0 amide bonds. The van der Waals surface area contributed by atoms with E-state index >= 15 is 0 Å². The Hall–Kier alpha value is -0.860. The van der Waals surface area contributed by atoms with Crippen molar-refractivity contribution in [1.82, 2.24) is 4.90 Å². The number of rotatable bonds is 1. The van der Waals surface area contributed by atoms with Crippen LogP contribution in [0, 0.1) is 0 Å². The first-order chi connectivity index (χ1) is 8.73. The first kappa shape index (κ1) is 12.2. The second-order valence-corrected chi connectivity index (χ2v) is 6.00. The van der Waals surface area contributed by atoms with Gasteiger partial charge in [0.1, 0.15) is 0 Å². The third-order valence-electron chi connectivity index (χ3n) is 4.86. The van der Waals surface area contributed by atoms with Crippen molar-refractivity contribution in [3.05, 3.63) is 35.4 Å². The zero-order valence-corrected chi connectivity index (χ0v) is 11.5. The Kier molecular flexibility index (Phi) is 3.16. The fourth-order valence-electron chi connectivity index (χ4n) is 3.79. The van der Waals surface area contributed by atoms with E-state index in [-0.39, 0.29) is 0 Å². The highest BCUT2D eigenvalue weighted by molar-refractivity contribution is 5.39. The molecular weight excluding hydrogens is 222 g/mol. The van der Waals surface area contributed by atoms with E-state index in [1.807, 2.05) is 0 Å². The highest BCUT2D eigenvalue weighted by atomic mass is 16.5. The lowest BCUT2D eigenvalue weighted by molar-refractivity contribution is 0.0379. The molecule has 0 saturated carbocycles. The molecule has 98 valence electrons. The van der Waals surface area contributed by atoms with E-state index in [1.165, 1.54) is 25.7 Å². The molecule has 0 bridgehead atoms. The van der Waals surface area contributed by atoms with Crippen LogP contribution in [0.15, 0.2) is 24.3 Å². The number of nitrogens with zero attached hydrogens (tertiary/aromatic N) is 1. The summed E-state index contributed by atoms with van der Waals surface area (Å²) in [6.45, 7) is 1.86. The predicted octanol–water partition coefficient (Wildman–Crippen LogP) is 3.13. The molecule has 3 rings (SSSR count). The molecule has 1 fully saturated rings. The molecule has 2 heteroatoms. The molecule has 2 aliphatic rings. The van der Waals surface area contributed by atoms with Crippen molar-refractivity contribution >= 4 is 0 Å². The monoisotopic (exact) mass is 245 g/mol. The molecule has 0 aromatic heterocycles. The van der Waals surface area contributed by atoms with Crippen LogP contribution in [-0.2, 0) is 10.2 Å². The van der Waals surface area contributed by atoms with E-state index in [2.05, 4.69) is 43.3 Å². The number of fused-ring (bicyclic) bond motifs is 2. The fourth-order valence-corrected chi connectivity index (χ4v) is 3.79. The summed E-state index contributed by atoms with van der Waals surface area (Å²) in [5, 5.41) is 0. The lowest BCUT2D eigenvalue weighted by Crippen LogP contribution is -2.40. The molecule has 1 aliphatic heterocycles. The summed E-state index contributed by atoms with van der Waals surface area (Å²) in [5.41, 5.74) is 3.55. The van der Waals surface area contributed by atoms with Crippen LogP contribution in [0.3, 0.4) is 0 Å². The van der Waals surface area contributed by atoms with E-state index in [1.54, 1.807) is 11.1 Å². The van der Waals surface area contributed by atoms with Crippen LogP contribution in [0.25, 0.3) is 0 Å². The highest BCUT2D eigenvalue weighted by Gasteiger charge is 2.41. The summed E-state index contributed by atoms with van der Waals surface area (Å²) in [4.78, 5) is 2.37. The van der Waals surface area contributed by atoms with Crippen molar-refractivity contribution < 1.29 is 4.74 Å². The van der Waals surface area contributed by atoms with Crippen LogP contribution in [0.4, 0.5) is 0 Å². The summed E-state index contributed by atoms with van der Waals surface area (Å²) in [6.07, 6.45) is 4.99. The van der Waals surface area contributed by atoms with Gasteiger partial charge in [-0.2, -0.15) is 0 Å². The van der Waals surface area contributed by atoms with E-state index in [9.17, 15) is 0 Å². The molecule has 0 N–H and O–H groups in total. The molecule has 18 heavy (non-hydrogen) atoms. The van der Waals surface area contributed by atoms with Crippen LogP contribution in [0.5, 0.6) is 0 Å². The van der Waals surface area contributed by atoms with E-state index in [4.69, 9.17) is 4.74 Å². The van der Waals surface area contributed by atoms with Gasteiger partial charge in [0.05, 0.1) is 0 Å². The van der Waals surface area contributed by atoms with Gasteiger partial charge in [-0.1, -0.05) is 24.3 Å². The third-order valence-corrected chi connectivity index (χ3v) is 4.86. The normalized spacial score (nSPS) is 26.3. The number of hydrogen-bond donors (Lipinski definition) is 0. The average Bonchev–Trinajstić information content (AvgIpc) is 2.40. The molecule has 1 atom stereocenters. The summed E-state index contributed by atoms with van der Waals surface area (Å²) in [5.74, 6) is 0. The second-order valence-electron chi connectivity index (χ2n) is 6.00. The Balaban J connectivity index is 2.03. The van der Waals surface area contributed by atoms with Gasteiger partial charge in [-0.05, 0) is 50.9 Å². The Morgan fingerprint density at radius 3 is 2.56 bits per heavy atom. The summed E-state index contributed by atoms with van der Waals surface area (Å²) in [6, 6.07) is 9.67. The van der Waals surface area contributed by atoms with Crippen molar-refractivity contribution in [2.24, 2.45) is 0 Å². The van der Waals surface area contributed by atoms with Gasteiger partial charge >= 0.3 is 0 Å². The summed E-state index contributed by atoms with van der Waals surface area (Å²) < 4.78 is 5.58. The van der Waals surface area contributed by atoms with Crippen molar-refractivity contribution in [2.75, 3.05) is 27.3 Å². The summed E-state index contributed by atoms with van der Waals surface area (Å²) in [7, 11) is 4.40. The molecular formula is C16H23NO. The van der Waals surface area contributed by atoms with Gasteiger partial charge in [0, 0.05) is 24.7 Å². The van der Waals surface area contributed by atoms with Crippen LogP contribution in [-0.4, -0.2) is 32.2 Å². The minimum atomic E-state index is 0.404. The van der Waals surface area contributed by atoms with Gasteiger partial charge in [-0.3, -0.25) is 0 Å². The first-order valence-electron chi connectivity index (χ1n) is 7.06. The molecule has 1 aromatic carbocycles. The Labute approximate surface area is 110 Å². The zero-order chi connectivity index (χ0) is 12.6. The molecule has 2 nitrogen and oxygen atoms in total. The number of ether oxygens (including phenoxy) is 1. The van der Waals surface area contributed by atoms with Crippen molar-refractivity contribution in [2.45, 2.75) is 37.1 Å². The Bertz CT molecular complexity index is 421. The molecule has 1 unspecified atom stereocenters. The van der Waals surface area contributed by atoms with Gasteiger partial charge in [-0.25, -0.2) is 0 Å². The van der Waals surface area contributed by atoms with Crippen molar-refractivity contribution in [1.29, 1.82) is 0 Å². The zero-order valence-electron chi connectivity index (χ0n) is 11.5. The Morgan fingerprint density at radius 2 is 1.83 bits per heavy atom. The smallest absolute Gasteiger partial charge is 0.0474 e. The van der Waals surface area contributed by atoms with Gasteiger partial charge in [-0.15, -0.1) is 0 Å². The van der Waals surface area contributed by atoms with Crippen LogP contribution < -0.4 is 0 Å². The Morgan fingerprint density at radius 1 is 1.11 bits per heavy atom. The van der Waals surface area contributed by atoms with Gasteiger partial charge in [0.25, 0.3) is 0 Å². The van der Waals surface area contributed by atoms with Crippen LogP contribution >= 0.6 is 0 Å². The predicted molar refractivity (Wildman–Crippen MR) is 73.8 cm³/mol. The van der Waals surface area contributed by atoms with Crippen molar-refractivity contribution in [3.8, 4) is 0 Å². The molecule has 1 heterocycles. The van der Waals surface area contributed by atoms with E-state index in [0.717, 1.165) is 13.2 Å². The minimum absolute atomic E-state index is 0.404. The van der Waals surface area contributed by atoms with E-state index < -0.39 is 0 Å². The molecule has 0 radical (unpaired) electrons. The average molecular weight is 245 g/mol. The third kappa shape index (κ3) is 1.88. The second kappa shape index (κ2) is 4.67.